The Hall–Kier alpha value is -2.15. The summed E-state index contributed by atoms with van der Waals surface area (Å²) in [4.78, 5) is 21.7. The van der Waals surface area contributed by atoms with E-state index in [9.17, 15) is 4.79 Å². The van der Waals surface area contributed by atoms with Crippen LogP contribution in [0.5, 0.6) is 0 Å². The smallest absolute Gasteiger partial charge is 0.255 e. The number of benzene rings is 2. The molecule has 2 fully saturated rings. The molecule has 2 atom stereocenters. The molecule has 3 aromatic rings. The van der Waals surface area contributed by atoms with E-state index >= 15 is 0 Å². The highest BCUT2D eigenvalue weighted by atomic mass is 35.5. The summed E-state index contributed by atoms with van der Waals surface area (Å²) in [5.74, 6) is 0.371. The Morgan fingerprint density at radius 3 is 2.09 bits per heavy atom. The van der Waals surface area contributed by atoms with Gasteiger partial charge in [0.1, 0.15) is 0 Å². The van der Waals surface area contributed by atoms with Crippen molar-refractivity contribution in [2.75, 3.05) is 32.7 Å². The number of pyridine rings is 1. The van der Waals surface area contributed by atoms with Gasteiger partial charge in [0.2, 0.25) is 0 Å². The number of nitrogens with zero attached hydrogens (tertiary/aromatic N) is 3. The molecule has 2 aliphatic rings. The molecule has 0 bridgehead atoms. The van der Waals surface area contributed by atoms with Crippen LogP contribution in [0.3, 0.4) is 0 Å². The van der Waals surface area contributed by atoms with E-state index in [2.05, 4.69) is 75.9 Å². The van der Waals surface area contributed by atoms with E-state index in [0.717, 1.165) is 32.7 Å². The molecule has 34 heavy (non-hydrogen) atoms. The van der Waals surface area contributed by atoms with Gasteiger partial charge in [-0.05, 0) is 23.3 Å². The molecule has 5 nitrogen and oxygen atoms in total. The molecule has 1 aromatic heterocycles. The highest BCUT2D eigenvalue weighted by Gasteiger charge is 2.40. The largest absolute Gasteiger partial charge is 0.336 e. The lowest BCUT2D eigenvalue weighted by molar-refractivity contribution is 0.0143. The Labute approximate surface area is 220 Å². The Bertz CT molecular complexity index is 971. The Kier molecular flexibility index (Phi) is 10.8. The van der Waals surface area contributed by atoms with Gasteiger partial charge in [-0.15, -0.1) is 37.2 Å². The van der Waals surface area contributed by atoms with E-state index in [-0.39, 0.29) is 43.1 Å². The van der Waals surface area contributed by atoms with Crippen molar-refractivity contribution in [3.63, 3.8) is 0 Å². The molecule has 1 N–H and O–H groups in total. The summed E-state index contributed by atoms with van der Waals surface area (Å²) >= 11 is 0. The van der Waals surface area contributed by atoms with Crippen molar-refractivity contribution >= 4 is 43.1 Å². The molecule has 1 amide bonds. The predicted octanol–water partition coefficient (Wildman–Crippen LogP) is 4.28. The second-order valence-corrected chi connectivity index (χ2v) is 8.41. The van der Waals surface area contributed by atoms with Gasteiger partial charge in [-0.2, -0.15) is 0 Å². The zero-order chi connectivity index (χ0) is 21.0. The third kappa shape index (κ3) is 5.91. The second kappa shape index (κ2) is 13.1. The van der Waals surface area contributed by atoms with Crippen LogP contribution in [0.2, 0.25) is 0 Å². The summed E-state index contributed by atoms with van der Waals surface area (Å²) in [5, 5.41) is 3.66. The normalized spacial score (nSPS) is 19.7. The first kappa shape index (κ1) is 28.1. The first-order valence-corrected chi connectivity index (χ1v) is 11.1. The maximum absolute atomic E-state index is 13.0. The van der Waals surface area contributed by atoms with Crippen molar-refractivity contribution in [2.45, 2.75) is 18.0 Å². The summed E-state index contributed by atoms with van der Waals surface area (Å²) in [6, 6.07) is 26.0. The van der Waals surface area contributed by atoms with Gasteiger partial charge in [0.25, 0.3) is 5.91 Å². The number of carbonyl (C=O) groups is 1. The van der Waals surface area contributed by atoms with Gasteiger partial charge >= 0.3 is 0 Å². The molecule has 8 heteroatoms. The number of rotatable bonds is 4. The lowest BCUT2D eigenvalue weighted by Crippen LogP contribution is -2.66. The third-order valence-corrected chi connectivity index (χ3v) is 6.59. The van der Waals surface area contributed by atoms with Crippen LogP contribution in [-0.2, 0) is 0 Å². The highest BCUT2D eigenvalue weighted by Crippen LogP contribution is 2.34. The van der Waals surface area contributed by atoms with E-state index in [4.69, 9.17) is 0 Å². The minimum atomic E-state index is 0. The Balaban J connectivity index is 0.00000136. The lowest BCUT2D eigenvalue weighted by atomic mass is 9.82. The molecule has 2 aromatic carbocycles. The average molecular weight is 522 g/mol. The average Bonchev–Trinajstić information content (AvgIpc) is 2.85. The van der Waals surface area contributed by atoms with Crippen molar-refractivity contribution in [3.8, 4) is 0 Å². The predicted molar refractivity (Wildman–Crippen MR) is 144 cm³/mol. The van der Waals surface area contributed by atoms with Gasteiger partial charge < -0.3 is 10.2 Å². The van der Waals surface area contributed by atoms with Gasteiger partial charge in [-0.3, -0.25) is 14.7 Å². The van der Waals surface area contributed by atoms with Gasteiger partial charge in [0, 0.05) is 63.1 Å². The summed E-state index contributed by atoms with van der Waals surface area (Å²) in [6.07, 6.45) is 3.37. The Morgan fingerprint density at radius 2 is 1.50 bits per heavy atom. The van der Waals surface area contributed by atoms with Crippen molar-refractivity contribution < 1.29 is 4.79 Å². The number of halogens is 3. The third-order valence-electron chi connectivity index (χ3n) is 6.59. The molecule has 182 valence electrons. The summed E-state index contributed by atoms with van der Waals surface area (Å²) in [5.41, 5.74) is 3.35. The van der Waals surface area contributed by atoms with E-state index in [1.807, 2.05) is 17.0 Å². The first-order valence-electron chi connectivity index (χ1n) is 11.1. The van der Waals surface area contributed by atoms with Gasteiger partial charge in [0.05, 0.1) is 5.56 Å². The summed E-state index contributed by atoms with van der Waals surface area (Å²) < 4.78 is 0. The number of amides is 1. The maximum atomic E-state index is 13.0. The van der Waals surface area contributed by atoms with Crippen molar-refractivity contribution in [2.24, 2.45) is 0 Å². The van der Waals surface area contributed by atoms with Crippen LogP contribution in [0.25, 0.3) is 0 Å². The van der Waals surface area contributed by atoms with E-state index < -0.39 is 0 Å². The van der Waals surface area contributed by atoms with E-state index in [1.165, 1.54) is 11.1 Å². The molecule has 0 spiro atoms. The number of nitrogens with one attached hydrogen (secondary N) is 1. The van der Waals surface area contributed by atoms with Crippen LogP contribution in [0, 0.1) is 0 Å². The Morgan fingerprint density at radius 1 is 0.853 bits per heavy atom. The molecule has 5 rings (SSSR count). The number of hydrogen-bond acceptors (Lipinski definition) is 4. The molecule has 3 heterocycles. The van der Waals surface area contributed by atoms with Gasteiger partial charge in [-0.1, -0.05) is 60.7 Å². The number of hydrogen-bond donors (Lipinski definition) is 1. The zero-order valence-electron chi connectivity index (χ0n) is 18.8. The fourth-order valence-electron chi connectivity index (χ4n) is 5.13. The number of carbonyl (C=O) groups excluding carboxylic acids is 1. The summed E-state index contributed by atoms with van der Waals surface area (Å²) in [7, 11) is 0. The molecule has 2 saturated heterocycles. The highest BCUT2D eigenvalue weighted by molar-refractivity contribution is 5.94. The van der Waals surface area contributed by atoms with Crippen LogP contribution >= 0.6 is 37.2 Å². The standard InChI is InChI=1S/C26H28N4O.3ClH/c31-26(22-12-7-13-27-16-22)29-14-15-30-23(19-29)17-28-18-24(30)25(20-8-3-1-4-9-20)21-10-5-2-6-11-21;;;/h1-13,16,23-25,28H,14-15,17-19H2;3*1H/t23-,24?;;;/m1.../s1. The molecule has 0 saturated carbocycles. The lowest BCUT2D eigenvalue weighted by Gasteiger charge is -2.50. The number of fused-ring (bicyclic) bond motifs is 1. The molecular formula is C26H31Cl3N4O. The van der Waals surface area contributed by atoms with Crippen LogP contribution in [0.4, 0.5) is 0 Å². The first-order chi connectivity index (χ1) is 15.3. The monoisotopic (exact) mass is 520 g/mol. The fourth-order valence-corrected chi connectivity index (χ4v) is 5.13. The number of aromatic nitrogens is 1. The van der Waals surface area contributed by atoms with E-state index in [0.29, 0.717) is 23.6 Å². The zero-order valence-corrected chi connectivity index (χ0v) is 21.3. The molecule has 0 radical (unpaired) electrons. The van der Waals surface area contributed by atoms with Crippen LogP contribution in [0.15, 0.2) is 85.2 Å². The minimum absolute atomic E-state index is 0. The number of piperazine rings is 2. The van der Waals surface area contributed by atoms with Crippen LogP contribution < -0.4 is 5.32 Å². The van der Waals surface area contributed by atoms with Crippen LogP contribution in [-0.4, -0.2) is 65.5 Å². The maximum Gasteiger partial charge on any atom is 0.255 e. The summed E-state index contributed by atoms with van der Waals surface area (Å²) in [6.45, 7) is 4.23. The van der Waals surface area contributed by atoms with E-state index in [1.54, 1.807) is 12.4 Å². The second-order valence-electron chi connectivity index (χ2n) is 8.41. The topological polar surface area (TPSA) is 48.5 Å². The quantitative estimate of drug-likeness (QED) is 0.557. The minimum Gasteiger partial charge on any atom is -0.336 e. The molecule has 0 aliphatic carbocycles. The van der Waals surface area contributed by atoms with Gasteiger partial charge in [0.15, 0.2) is 0 Å². The molecule has 1 unspecified atom stereocenters. The fraction of sp³-hybridized carbons (Fsp3) is 0.308. The van der Waals surface area contributed by atoms with Crippen LogP contribution in [0.1, 0.15) is 27.4 Å². The van der Waals surface area contributed by atoms with Gasteiger partial charge in [-0.25, -0.2) is 0 Å². The van der Waals surface area contributed by atoms with Crippen molar-refractivity contribution in [1.82, 2.24) is 20.1 Å². The van der Waals surface area contributed by atoms with Crippen molar-refractivity contribution in [1.29, 1.82) is 0 Å². The molecule has 2 aliphatic heterocycles. The SMILES string of the molecule is Cl.Cl.Cl.O=C(c1cccnc1)N1CCN2C(C(c3ccccc3)c3ccccc3)CNC[C@@H]2C1. The molecular weight excluding hydrogens is 491 g/mol. The van der Waals surface area contributed by atoms with Crippen molar-refractivity contribution in [3.05, 3.63) is 102 Å².